The first-order valence-electron chi connectivity index (χ1n) is 6.41. The molecule has 0 radical (unpaired) electrons. The lowest BCUT2D eigenvalue weighted by Crippen LogP contribution is -2.31. The third-order valence-electron chi connectivity index (χ3n) is 3.86. The summed E-state index contributed by atoms with van der Waals surface area (Å²) in [5.74, 6) is 0.146. The van der Waals surface area contributed by atoms with Crippen molar-refractivity contribution in [3.05, 3.63) is 34.9 Å². The van der Waals surface area contributed by atoms with Crippen molar-refractivity contribution in [2.75, 3.05) is 13.1 Å². The molecule has 1 atom stereocenters. The number of likely N-dealkylation sites (tertiary alicyclic amines) is 1. The quantitative estimate of drug-likeness (QED) is 0.791. The Morgan fingerprint density at radius 3 is 2.88 bits per heavy atom. The first kappa shape index (κ1) is 10.8. The number of nitrogens with two attached hydrogens (primary N) is 1. The molecule has 3 rings (SSSR count). The van der Waals surface area contributed by atoms with Crippen LogP contribution in [0.4, 0.5) is 0 Å². The molecule has 0 aromatic heterocycles. The van der Waals surface area contributed by atoms with E-state index < -0.39 is 0 Å². The van der Waals surface area contributed by atoms with Crippen molar-refractivity contribution in [3.8, 4) is 0 Å². The lowest BCUT2D eigenvalue weighted by Gasteiger charge is -2.16. The van der Waals surface area contributed by atoms with Gasteiger partial charge in [0.1, 0.15) is 0 Å². The molecule has 3 heteroatoms. The van der Waals surface area contributed by atoms with E-state index in [1.54, 1.807) is 0 Å². The van der Waals surface area contributed by atoms with E-state index in [1.165, 1.54) is 24.0 Å². The van der Waals surface area contributed by atoms with Gasteiger partial charge < -0.3 is 10.6 Å². The molecule has 17 heavy (non-hydrogen) atoms. The molecule has 1 unspecified atom stereocenters. The maximum Gasteiger partial charge on any atom is 0.253 e. The summed E-state index contributed by atoms with van der Waals surface area (Å²) >= 11 is 0. The van der Waals surface area contributed by atoms with Gasteiger partial charge in [-0.15, -0.1) is 0 Å². The lowest BCUT2D eigenvalue weighted by molar-refractivity contribution is 0.0791. The summed E-state index contributed by atoms with van der Waals surface area (Å²) in [6.07, 6.45) is 4.44. The van der Waals surface area contributed by atoms with Gasteiger partial charge in [-0.3, -0.25) is 4.79 Å². The zero-order chi connectivity index (χ0) is 11.8. The molecule has 0 bridgehead atoms. The van der Waals surface area contributed by atoms with Crippen LogP contribution in [0.3, 0.4) is 0 Å². The van der Waals surface area contributed by atoms with Crippen LogP contribution in [0, 0.1) is 0 Å². The van der Waals surface area contributed by atoms with Gasteiger partial charge in [-0.05, 0) is 48.9 Å². The predicted molar refractivity (Wildman–Crippen MR) is 67.0 cm³/mol. The van der Waals surface area contributed by atoms with Crippen LogP contribution in [-0.4, -0.2) is 29.9 Å². The fraction of sp³-hybridized carbons (Fsp3) is 0.500. The normalized spacial score (nSPS) is 22.9. The molecule has 1 aromatic rings. The minimum absolute atomic E-state index is 0.146. The number of fused-ring (bicyclic) bond motifs is 1. The topological polar surface area (TPSA) is 46.3 Å². The molecule has 1 aliphatic heterocycles. The van der Waals surface area contributed by atoms with Crippen LogP contribution < -0.4 is 5.73 Å². The molecule has 1 fully saturated rings. The van der Waals surface area contributed by atoms with Crippen LogP contribution in [0.25, 0.3) is 0 Å². The van der Waals surface area contributed by atoms with Gasteiger partial charge in [0.25, 0.3) is 5.91 Å². The Morgan fingerprint density at radius 1 is 1.29 bits per heavy atom. The zero-order valence-electron chi connectivity index (χ0n) is 9.98. The molecule has 0 spiro atoms. The number of rotatable bonds is 1. The van der Waals surface area contributed by atoms with Crippen LogP contribution in [0.1, 0.15) is 34.3 Å². The van der Waals surface area contributed by atoms with Gasteiger partial charge in [0, 0.05) is 24.7 Å². The second kappa shape index (κ2) is 4.15. The van der Waals surface area contributed by atoms with E-state index in [0.717, 1.165) is 24.9 Å². The highest BCUT2D eigenvalue weighted by Gasteiger charge is 2.25. The molecule has 2 aliphatic rings. The molecule has 1 saturated heterocycles. The predicted octanol–water partition coefficient (Wildman–Crippen LogP) is 1.35. The third kappa shape index (κ3) is 1.95. The molecule has 1 aliphatic carbocycles. The second-order valence-corrected chi connectivity index (χ2v) is 5.14. The van der Waals surface area contributed by atoms with E-state index in [-0.39, 0.29) is 11.9 Å². The van der Waals surface area contributed by atoms with E-state index >= 15 is 0 Å². The summed E-state index contributed by atoms with van der Waals surface area (Å²) < 4.78 is 0. The highest BCUT2D eigenvalue weighted by molar-refractivity contribution is 5.94. The highest BCUT2D eigenvalue weighted by Crippen LogP contribution is 2.24. The Morgan fingerprint density at radius 2 is 2.12 bits per heavy atom. The summed E-state index contributed by atoms with van der Waals surface area (Å²) in [7, 11) is 0. The third-order valence-corrected chi connectivity index (χ3v) is 3.86. The zero-order valence-corrected chi connectivity index (χ0v) is 9.98. The second-order valence-electron chi connectivity index (χ2n) is 5.14. The van der Waals surface area contributed by atoms with Crippen LogP contribution in [0.15, 0.2) is 18.2 Å². The smallest absolute Gasteiger partial charge is 0.253 e. The number of nitrogens with zero attached hydrogens (tertiary/aromatic N) is 1. The number of benzene rings is 1. The van der Waals surface area contributed by atoms with Gasteiger partial charge in [0.05, 0.1) is 0 Å². The summed E-state index contributed by atoms with van der Waals surface area (Å²) in [4.78, 5) is 14.1. The van der Waals surface area contributed by atoms with E-state index in [4.69, 9.17) is 5.73 Å². The molecular weight excluding hydrogens is 212 g/mol. The van der Waals surface area contributed by atoms with E-state index in [1.807, 2.05) is 11.0 Å². The van der Waals surface area contributed by atoms with Crippen molar-refractivity contribution in [2.24, 2.45) is 5.73 Å². The van der Waals surface area contributed by atoms with Crippen LogP contribution in [0.5, 0.6) is 0 Å². The van der Waals surface area contributed by atoms with E-state index in [9.17, 15) is 4.79 Å². The van der Waals surface area contributed by atoms with Crippen molar-refractivity contribution in [3.63, 3.8) is 0 Å². The minimum atomic E-state index is 0.146. The molecule has 3 nitrogen and oxygen atoms in total. The van der Waals surface area contributed by atoms with E-state index in [2.05, 4.69) is 12.1 Å². The first-order chi connectivity index (χ1) is 8.24. The summed E-state index contributed by atoms with van der Waals surface area (Å²) in [5.41, 5.74) is 9.45. The highest BCUT2D eigenvalue weighted by atomic mass is 16.2. The Labute approximate surface area is 102 Å². The molecule has 2 N–H and O–H groups in total. The number of hydrogen-bond acceptors (Lipinski definition) is 2. The maximum atomic E-state index is 12.3. The van der Waals surface area contributed by atoms with Crippen LogP contribution in [0.2, 0.25) is 0 Å². The van der Waals surface area contributed by atoms with Gasteiger partial charge in [-0.1, -0.05) is 6.07 Å². The fourth-order valence-electron chi connectivity index (χ4n) is 2.86. The lowest BCUT2D eigenvalue weighted by atomic mass is 10.1. The monoisotopic (exact) mass is 230 g/mol. The fourth-order valence-corrected chi connectivity index (χ4v) is 2.86. The van der Waals surface area contributed by atoms with Crippen molar-refractivity contribution >= 4 is 5.91 Å². The Balaban J connectivity index is 1.82. The van der Waals surface area contributed by atoms with Crippen molar-refractivity contribution in [1.82, 2.24) is 4.90 Å². The van der Waals surface area contributed by atoms with Crippen LogP contribution in [-0.2, 0) is 12.8 Å². The van der Waals surface area contributed by atoms with E-state index in [0.29, 0.717) is 6.54 Å². The standard InChI is InChI=1S/C14H18N2O/c15-13-6-7-16(9-13)14(17)12-5-4-10-2-1-3-11(10)8-12/h4-5,8,13H,1-3,6-7,9,15H2. The number of carbonyl (C=O) groups is 1. The molecule has 90 valence electrons. The molecule has 0 saturated carbocycles. The minimum Gasteiger partial charge on any atom is -0.337 e. The maximum absolute atomic E-state index is 12.3. The van der Waals surface area contributed by atoms with Gasteiger partial charge in [-0.2, -0.15) is 0 Å². The number of amides is 1. The van der Waals surface area contributed by atoms with Crippen LogP contribution >= 0.6 is 0 Å². The van der Waals surface area contributed by atoms with Gasteiger partial charge in [-0.25, -0.2) is 0 Å². The average molecular weight is 230 g/mol. The molecule has 1 aromatic carbocycles. The summed E-state index contributed by atoms with van der Waals surface area (Å²) in [6, 6.07) is 6.32. The largest absolute Gasteiger partial charge is 0.337 e. The SMILES string of the molecule is NC1CCN(C(=O)c2ccc3c(c2)CCC3)C1. The first-order valence-corrected chi connectivity index (χ1v) is 6.41. The van der Waals surface area contributed by atoms with Gasteiger partial charge in [0.15, 0.2) is 0 Å². The van der Waals surface area contributed by atoms with Gasteiger partial charge in [0.2, 0.25) is 0 Å². The summed E-state index contributed by atoms with van der Waals surface area (Å²) in [6.45, 7) is 1.51. The molecule has 1 heterocycles. The Kier molecular flexibility index (Phi) is 2.63. The van der Waals surface area contributed by atoms with Gasteiger partial charge >= 0.3 is 0 Å². The van der Waals surface area contributed by atoms with Crippen molar-refractivity contribution < 1.29 is 4.79 Å². The van der Waals surface area contributed by atoms with Crippen molar-refractivity contribution in [1.29, 1.82) is 0 Å². The molecular formula is C14H18N2O. The number of aryl methyl sites for hydroxylation is 2. The average Bonchev–Trinajstić information content (AvgIpc) is 2.95. The summed E-state index contributed by atoms with van der Waals surface area (Å²) in [5, 5.41) is 0. The Hall–Kier alpha value is -1.35. The Bertz CT molecular complexity index is 456. The molecule has 1 amide bonds. The van der Waals surface area contributed by atoms with Crippen molar-refractivity contribution in [2.45, 2.75) is 31.7 Å². The number of carbonyl (C=O) groups excluding carboxylic acids is 1. The number of hydrogen-bond donors (Lipinski definition) is 1.